The maximum absolute atomic E-state index is 12.4. The van der Waals surface area contributed by atoms with Crippen LogP contribution in [0.25, 0.3) is 22.6 Å². The van der Waals surface area contributed by atoms with Crippen molar-refractivity contribution in [2.75, 3.05) is 0 Å². The summed E-state index contributed by atoms with van der Waals surface area (Å²) in [7, 11) is 0. The maximum atomic E-state index is 12.4. The second kappa shape index (κ2) is 7.91. The molecule has 0 unspecified atom stereocenters. The summed E-state index contributed by atoms with van der Waals surface area (Å²) >= 11 is 12.2. The van der Waals surface area contributed by atoms with Crippen LogP contribution in [0.5, 0.6) is 0 Å². The molecule has 0 atom stereocenters. The van der Waals surface area contributed by atoms with Gasteiger partial charge in [-0.15, -0.1) is 0 Å². The van der Waals surface area contributed by atoms with Crippen molar-refractivity contribution in [3.8, 4) is 11.5 Å². The van der Waals surface area contributed by atoms with E-state index in [-0.39, 0.29) is 5.91 Å². The molecule has 1 aromatic heterocycles. The number of carbonyl (C=O) groups excluding carboxylic acids is 1. The summed E-state index contributed by atoms with van der Waals surface area (Å²) in [5.74, 6) is 0.523. The minimum absolute atomic E-state index is 0.0615. The highest BCUT2D eigenvalue weighted by Gasteiger charge is 2.17. The van der Waals surface area contributed by atoms with Crippen LogP contribution in [0.4, 0.5) is 0 Å². The first-order valence-electron chi connectivity index (χ1n) is 9.23. The molecule has 1 heterocycles. The van der Waals surface area contributed by atoms with E-state index in [1.807, 2.05) is 24.3 Å². The molecule has 1 saturated carbocycles. The molecule has 1 aliphatic carbocycles. The van der Waals surface area contributed by atoms with Crippen LogP contribution >= 0.6 is 23.2 Å². The number of hydrogen-bond donors (Lipinski definition) is 1. The Balaban J connectivity index is 1.52. The third-order valence-corrected chi connectivity index (χ3v) is 5.42. The highest BCUT2D eigenvalue weighted by molar-refractivity contribution is 6.38. The molecular formula is C21H20Cl2N2O2. The van der Waals surface area contributed by atoms with Gasteiger partial charge in [0.2, 0.25) is 11.8 Å². The Bertz CT molecular complexity index is 977. The molecule has 0 saturated heterocycles. The van der Waals surface area contributed by atoms with Crippen LogP contribution in [-0.4, -0.2) is 16.9 Å². The predicted octanol–water partition coefficient (Wildman–Crippen LogP) is 5.79. The van der Waals surface area contributed by atoms with Gasteiger partial charge in [-0.25, -0.2) is 4.98 Å². The lowest BCUT2D eigenvalue weighted by Crippen LogP contribution is -2.37. The number of halogens is 2. The van der Waals surface area contributed by atoms with E-state index >= 15 is 0 Å². The Morgan fingerprint density at radius 2 is 1.96 bits per heavy atom. The van der Waals surface area contributed by atoms with E-state index < -0.39 is 0 Å². The lowest BCUT2D eigenvalue weighted by atomic mass is 9.95. The van der Waals surface area contributed by atoms with Gasteiger partial charge in [0.05, 0.1) is 11.4 Å². The molecule has 140 valence electrons. The number of benzene rings is 2. The number of fused-ring (bicyclic) bond motifs is 1. The molecule has 4 nitrogen and oxygen atoms in total. The average molecular weight is 403 g/mol. The standard InChI is InChI=1S/C21H20Cl2N2O2/c22-15-11-17(23)20-18(12-15)25-21(27-20)14-6-4-5-13(9-14)10-19(26)24-16-7-2-1-3-8-16/h4-6,9,11-12,16H,1-3,7-8,10H2,(H,24,26). The monoisotopic (exact) mass is 402 g/mol. The third kappa shape index (κ3) is 4.28. The first-order chi connectivity index (χ1) is 13.1. The molecule has 0 spiro atoms. The van der Waals surface area contributed by atoms with E-state index in [0.717, 1.165) is 24.0 Å². The number of carbonyl (C=O) groups is 1. The highest BCUT2D eigenvalue weighted by Crippen LogP contribution is 2.32. The molecule has 0 bridgehead atoms. The number of nitrogens with zero attached hydrogens (tertiary/aromatic N) is 1. The van der Waals surface area contributed by atoms with Gasteiger partial charge in [0.15, 0.2) is 5.58 Å². The summed E-state index contributed by atoms with van der Waals surface area (Å²) < 4.78 is 5.82. The van der Waals surface area contributed by atoms with Crippen molar-refractivity contribution < 1.29 is 9.21 Å². The van der Waals surface area contributed by atoms with Gasteiger partial charge in [0, 0.05) is 16.6 Å². The number of hydrogen-bond acceptors (Lipinski definition) is 3. The largest absolute Gasteiger partial charge is 0.435 e. The fourth-order valence-corrected chi connectivity index (χ4v) is 4.13. The zero-order chi connectivity index (χ0) is 18.8. The Hall–Kier alpha value is -2.04. The van der Waals surface area contributed by atoms with Gasteiger partial charge in [-0.2, -0.15) is 0 Å². The molecule has 6 heteroatoms. The molecular weight excluding hydrogens is 383 g/mol. The zero-order valence-electron chi connectivity index (χ0n) is 14.8. The molecule has 1 amide bonds. The number of amides is 1. The summed E-state index contributed by atoms with van der Waals surface area (Å²) in [5.41, 5.74) is 2.85. The van der Waals surface area contributed by atoms with Gasteiger partial charge in [-0.1, -0.05) is 54.6 Å². The van der Waals surface area contributed by atoms with Crippen molar-refractivity contribution in [1.82, 2.24) is 10.3 Å². The van der Waals surface area contributed by atoms with Crippen molar-refractivity contribution in [3.63, 3.8) is 0 Å². The topological polar surface area (TPSA) is 55.1 Å². The third-order valence-electron chi connectivity index (χ3n) is 4.92. The van der Waals surface area contributed by atoms with Crippen LogP contribution in [-0.2, 0) is 11.2 Å². The fourth-order valence-electron chi connectivity index (χ4n) is 3.61. The minimum atomic E-state index is 0.0615. The van der Waals surface area contributed by atoms with Crippen molar-refractivity contribution in [2.24, 2.45) is 0 Å². The minimum Gasteiger partial charge on any atom is -0.435 e. The van der Waals surface area contributed by atoms with Crippen LogP contribution in [0.3, 0.4) is 0 Å². The van der Waals surface area contributed by atoms with Crippen LogP contribution in [0.1, 0.15) is 37.7 Å². The van der Waals surface area contributed by atoms with Crippen LogP contribution < -0.4 is 5.32 Å². The van der Waals surface area contributed by atoms with Crippen molar-refractivity contribution in [1.29, 1.82) is 0 Å². The van der Waals surface area contributed by atoms with Gasteiger partial charge in [-0.3, -0.25) is 4.79 Å². The number of aromatic nitrogens is 1. The average Bonchev–Trinajstić information content (AvgIpc) is 3.07. The van der Waals surface area contributed by atoms with Crippen molar-refractivity contribution in [3.05, 3.63) is 52.0 Å². The van der Waals surface area contributed by atoms with Crippen LogP contribution in [0, 0.1) is 0 Å². The second-order valence-electron chi connectivity index (χ2n) is 7.03. The SMILES string of the molecule is O=C(Cc1cccc(-c2nc3cc(Cl)cc(Cl)c3o2)c1)NC1CCCCC1. The van der Waals surface area contributed by atoms with E-state index in [0.29, 0.717) is 39.5 Å². The molecule has 3 aromatic rings. The summed E-state index contributed by atoms with van der Waals surface area (Å²) in [6.45, 7) is 0. The van der Waals surface area contributed by atoms with Crippen LogP contribution in [0.15, 0.2) is 40.8 Å². The lowest BCUT2D eigenvalue weighted by Gasteiger charge is -2.22. The van der Waals surface area contributed by atoms with Crippen molar-refractivity contribution >= 4 is 40.2 Å². The smallest absolute Gasteiger partial charge is 0.227 e. The van der Waals surface area contributed by atoms with Gasteiger partial charge in [0.1, 0.15) is 5.52 Å². The van der Waals surface area contributed by atoms with E-state index in [4.69, 9.17) is 27.6 Å². The van der Waals surface area contributed by atoms with E-state index in [2.05, 4.69) is 10.3 Å². The first-order valence-corrected chi connectivity index (χ1v) is 9.98. The normalized spacial score (nSPS) is 15.2. The van der Waals surface area contributed by atoms with E-state index in [1.54, 1.807) is 12.1 Å². The molecule has 1 aliphatic rings. The number of nitrogens with one attached hydrogen (secondary N) is 1. The Labute approximate surface area is 167 Å². The molecule has 0 aliphatic heterocycles. The Morgan fingerprint density at radius 3 is 2.78 bits per heavy atom. The molecule has 2 aromatic carbocycles. The summed E-state index contributed by atoms with van der Waals surface area (Å²) in [4.78, 5) is 16.9. The summed E-state index contributed by atoms with van der Waals surface area (Å²) in [5, 5.41) is 4.10. The molecule has 27 heavy (non-hydrogen) atoms. The highest BCUT2D eigenvalue weighted by atomic mass is 35.5. The predicted molar refractivity (Wildman–Crippen MR) is 108 cm³/mol. The van der Waals surface area contributed by atoms with Crippen LogP contribution in [0.2, 0.25) is 10.0 Å². The van der Waals surface area contributed by atoms with Gasteiger partial charge >= 0.3 is 0 Å². The van der Waals surface area contributed by atoms with Gasteiger partial charge in [0.25, 0.3) is 0 Å². The Morgan fingerprint density at radius 1 is 1.15 bits per heavy atom. The summed E-state index contributed by atoms with van der Waals surface area (Å²) in [6.07, 6.45) is 6.18. The lowest BCUT2D eigenvalue weighted by molar-refractivity contribution is -0.121. The van der Waals surface area contributed by atoms with Crippen molar-refractivity contribution in [2.45, 2.75) is 44.6 Å². The van der Waals surface area contributed by atoms with Gasteiger partial charge in [-0.05, 0) is 42.7 Å². The molecule has 1 N–H and O–H groups in total. The number of oxazole rings is 1. The maximum Gasteiger partial charge on any atom is 0.227 e. The first kappa shape index (κ1) is 18.3. The molecule has 1 fully saturated rings. The number of rotatable bonds is 4. The van der Waals surface area contributed by atoms with E-state index in [1.165, 1.54) is 19.3 Å². The Kier molecular flexibility index (Phi) is 5.37. The zero-order valence-corrected chi connectivity index (χ0v) is 16.3. The molecule has 4 rings (SSSR count). The fraction of sp³-hybridized carbons (Fsp3) is 0.333. The van der Waals surface area contributed by atoms with Gasteiger partial charge < -0.3 is 9.73 Å². The molecule has 0 radical (unpaired) electrons. The van der Waals surface area contributed by atoms with E-state index in [9.17, 15) is 4.79 Å². The second-order valence-corrected chi connectivity index (χ2v) is 7.88. The summed E-state index contributed by atoms with van der Waals surface area (Å²) in [6, 6.07) is 11.4. The quantitative estimate of drug-likeness (QED) is 0.600.